The summed E-state index contributed by atoms with van der Waals surface area (Å²) >= 11 is 0. The molecule has 80 valence electrons. The van der Waals surface area contributed by atoms with E-state index in [9.17, 15) is 9.59 Å². The zero-order valence-corrected chi connectivity index (χ0v) is 8.49. The van der Waals surface area contributed by atoms with Crippen molar-refractivity contribution in [3.05, 3.63) is 11.6 Å². The van der Waals surface area contributed by atoms with Crippen LogP contribution in [0.1, 0.15) is 33.1 Å². The Kier molecular flexibility index (Phi) is 5.60. The number of hydrogen-bond donors (Lipinski definition) is 2. The highest BCUT2D eigenvalue weighted by molar-refractivity contribution is 5.80. The van der Waals surface area contributed by atoms with Crippen LogP contribution >= 0.6 is 0 Å². The van der Waals surface area contributed by atoms with Gasteiger partial charge >= 0.3 is 11.9 Å². The third-order valence-electron chi connectivity index (χ3n) is 2.00. The molecular weight excluding hydrogens is 184 g/mol. The summed E-state index contributed by atoms with van der Waals surface area (Å²) in [4.78, 5) is 21.3. The van der Waals surface area contributed by atoms with Crippen LogP contribution in [0.25, 0.3) is 0 Å². The lowest BCUT2D eigenvalue weighted by molar-refractivity contribution is -0.147. The fraction of sp³-hybridized carbons (Fsp3) is 0.600. The first-order valence-electron chi connectivity index (χ1n) is 4.66. The minimum absolute atomic E-state index is 0.338. The van der Waals surface area contributed by atoms with Crippen molar-refractivity contribution in [1.82, 2.24) is 0 Å². The van der Waals surface area contributed by atoms with Gasteiger partial charge in [-0.1, -0.05) is 25.5 Å². The molecule has 2 N–H and O–H groups in total. The van der Waals surface area contributed by atoms with Crippen LogP contribution in [0.3, 0.4) is 0 Å². The molecule has 0 spiro atoms. The lowest BCUT2D eigenvalue weighted by atomic mass is 9.93. The smallest absolute Gasteiger partial charge is 0.311 e. The summed E-state index contributed by atoms with van der Waals surface area (Å²) in [6, 6.07) is 0. The number of carboxylic acids is 2. The van der Waals surface area contributed by atoms with Crippen molar-refractivity contribution in [3.63, 3.8) is 0 Å². The Labute approximate surface area is 83.2 Å². The monoisotopic (exact) mass is 200 g/mol. The molecule has 0 aliphatic carbocycles. The summed E-state index contributed by atoms with van der Waals surface area (Å²) in [5.41, 5.74) is 0.697. The minimum Gasteiger partial charge on any atom is -0.481 e. The van der Waals surface area contributed by atoms with Crippen LogP contribution in [0.15, 0.2) is 11.6 Å². The van der Waals surface area contributed by atoms with Crippen LogP contribution in [0.4, 0.5) is 0 Å². The van der Waals surface area contributed by atoms with Gasteiger partial charge in [0.15, 0.2) is 0 Å². The number of aliphatic carboxylic acids is 2. The maximum Gasteiger partial charge on any atom is 0.311 e. The molecule has 4 heteroatoms. The third-order valence-corrected chi connectivity index (χ3v) is 2.00. The molecular formula is C10H16O4. The highest BCUT2D eigenvalue weighted by atomic mass is 16.4. The van der Waals surface area contributed by atoms with E-state index in [2.05, 4.69) is 0 Å². The van der Waals surface area contributed by atoms with Gasteiger partial charge < -0.3 is 10.2 Å². The van der Waals surface area contributed by atoms with Crippen LogP contribution in [0, 0.1) is 5.92 Å². The average molecular weight is 200 g/mol. The third kappa shape index (κ3) is 4.07. The zero-order valence-electron chi connectivity index (χ0n) is 8.49. The molecule has 1 atom stereocenters. The van der Waals surface area contributed by atoms with Crippen LogP contribution in [0.5, 0.6) is 0 Å². The van der Waals surface area contributed by atoms with Gasteiger partial charge in [0.2, 0.25) is 0 Å². The Bertz CT molecular complexity index is 243. The second-order valence-electron chi connectivity index (χ2n) is 3.03. The van der Waals surface area contributed by atoms with Gasteiger partial charge in [0.25, 0.3) is 0 Å². The van der Waals surface area contributed by atoms with Gasteiger partial charge in [0.1, 0.15) is 0 Å². The van der Waals surface area contributed by atoms with Crippen molar-refractivity contribution in [2.45, 2.75) is 33.1 Å². The van der Waals surface area contributed by atoms with E-state index < -0.39 is 17.9 Å². The highest BCUT2D eigenvalue weighted by Gasteiger charge is 2.23. The van der Waals surface area contributed by atoms with Gasteiger partial charge in [0.05, 0.1) is 12.3 Å². The van der Waals surface area contributed by atoms with E-state index in [1.54, 1.807) is 6.08 Å². The summed E-state index contributed by atoms with van der Waals surface area (Å²) < 4.78 is 0. The fourth-order valence-electron chi connectivity index (χ4n) is 1.35. The summed E-state index contributed by atoms with van der Waals surface area (Å²) in [5, 5.41) is 17.4. The summed E-state index contributed by atoms with van der Waals surface area (Å²) in [6.07, 6.45) is 2.77. The van der Waals surface area contributed by atoms with Crippen LogP contribution in [0.2, 0.25) is 0 Å². The molecule has 0 heterocycles. The normalized spacial score (nSPS) is 13.7. The lowest BCUT2D eigenvalue weighted by Crippen LogP contribution is -2.19. The molecule has 1 unspecified atom stereocenters. The Morgan fingerprint density at radius 1 is 1.29 bits per heavy atom. The predicted octanol–water partition coefficient (Wildman–Crippen LogP) is 1.91. The molecule has 0 bridgehead atoms. The van der Waals surface area contributed by atoms with E-state index in [1.165, 1.54) is 0 Å². The van der Waals surface area contributed by atoms with Crippen molar-refractivity contribution in [2.24, 2.45) is 5.92 Å². The van der Waals surface area contributed by atoms with Crippen LogP contribution in [-0.2, 0) is 9.59 Å². The average Bonchev–Trinajstić information content (AvgIpc) is 2.10. The van der Waals surface area contributed by atoms with Gasteiger partial charge in [-0.05, 0) is 12.8 Å². The Morgan fingerprint density at radius 3 is 2.14 bits per heavy atom. The quantitative estimate of drug-likeness (QED) is 0.642. The van der Waals surface area contributed by atoms with Gasteiger partial charge in [0, 0.05) is 0 Å². The first-order chi connectivity index (χ1) is 6.52. The molecule has 0 saturated heterocycles. The topological polar surface area (TPSA) is 74.6 Å². The van der Waals surface area contributed by atoms with E-state index >= 15 is 0 Å². The van der Waals surface area contributed by atoms with Gasteiger partial charge in [-0.2, -0.15) is 0 Å². The summed E-state index contributed by atoms with van der Waals surface area (Å²) in [5.74, 6) is -3.01. The molecule has 0 fully saturated rings. The fourth-order valence-corrected chi connectivity index (χ4v) is 1.35. The molecule has 0 aromatic rings. The molecule has 0 aliphatic rings. The first-order valence-corrected chi connectivity index (χ1v) is 4.66. The zero-order chi connectivity index (χ0) is 11.1. The van der Waals surface area contributed by atoms with E-state index in [0.29, 0.717) is 12.0 Å². The van der Waals surface area contributed by atoms with Crippen molar-refractivity contribution in [1.29, 1.82) is 0 Å². The molecule has 4 nitrogen and oxygen atoms in total. The van der Waals surface area contributed by atoms with Crippen LogP contribution < -0.4 is 0 Å². The molecule has 0 rings (SSSR count). The number of carboxylic acid groups (broad SMARTS) is 2. The number of allylic oxidation sites excluding steroid dienone is 1. The standard InChI is InChI=1S/C10H16O4/c1-3-5-7(4-2)8(10(13)14)6-9(11)12/h5,8H,3-4,6H2,1-2H3,(H,11,12)(H,13,14)/b7-5+. The van der Waals surface area contributed by atoms with Crippen molar-refractivity contribution < 1.29 is 19.8 Å². The van der Waals surface area contributed by atoms with Crippen molar-refractivity contribution >= 4 is 11.9 Å². The molecule has 0 aliphatic heterocycles. The highest BCUT2D eigenvalue weighted by Crippen LogP contribution is 2.19. The SMILES string of the molecule is CC/C=C(\CC)C(CC(=O)O)C(=O)O. The number of hydrogen-bond acceptors (Lipinski definition) is 2. The Balaban J connectivity index is 4.69. The summed E-state index contributed by atoms with van der Waals surface area (Å²) in [7, 11) is 0. The minimum atomic E-state index is -1.08. The van der Waals surface area contributed by atoms with Crippen molar-refractivity contribution in [3.8, 4) is 0 Å². The van der Waals surface area contributed by atoms with Crippen LogP contribution in [-0.4, -0.2) is 22.2 Å². The summed E-state index contributed by atoms with van der Waals surface area (Å²) in [6.45, 7) is 3.73. The molecule has 0 aromatic heterocycles. The second-order valence-corrected chi connectivity index (χ2v) is 3.03. The maximum atomic E-state index is 10.8. The van der Waals surface area contributed by atoms with Gasteiger partial charge in [-0.25, -0.2) is 0 Å². The maximum absolute atomic E-state index is 10.8. The molecule has 0 saturated carbocycles. The molecule has 0 radical (unpaired) electrons. The number of carbonyl (C=O) groups is 2. The largest absolute Gasteiger partial charge is 0.481 e. The number of rotatable bonds is 6. The lowest BCUT2D eigenvalue weighted by Gasteiger charge is -2.12. The molecule has 0 amide bonds. The van der Waals surface area contributed by atoms with Gasteiger partial charge in [-0.15, -0.1) is 0 Å². The first kappa shape index (κ1) is 12.7. The molecule has 0 aromatic carbocycles. The van der Waals surface area contributed by atoms with E-state index in [4.69, 9.17) is 10.2 Å². The van der Waals surface area contributed by atoms with Crippen molar-refractivity contribution in [2.75, 3.05) is 0 Å². The Morgan fingerprint density at radius 2 is 1.86 bits per heavy atom. The Hall–Kier alpha value is -1.32. The van der Waals surface area contributed by atoms with E-state index in [-0.39, 0.29) is 6.42 Å². The van der Waals surface area contributed by atoms with E-state index in [0.717, 1.165) is 6.42 Å². The van der Waals surface area contributed by atoms with Gasteiger partial charge in [-0.3, -0.25) is 9.59 Å². The molecule has 14 heavy (non-hydrogen) atoms. The predicted molar refractivity (Wildman–Crippen MR) is 52.0 cm³/mol. The second kappa shape index (κ2) is 6.18. The van der Waals surface area contributed by atoms with E-state index in [1.807, 2.05) is 13.8 Å².